The Bertz CT molecular complexity index is 754. The van der Waals surface area contributed by atoms with Crippen molar-refractivity contribution in [3.63, 3.8) is 0 Å². The number of aromatic hydroxyl groups is 2. The van der Waals surface area contributed by atoms with Gasteiger partial charge in [-0.05, 0) is 48.2 Å². The zero-order valence-electron chi connectivity index (χ0n) is 17.3. The Morgan fingerprint density at radius 1 is 0.533 bits per heavy atom. The van der Waals surface area contributed by atoms with E-state index in [1.807, 2.05) is 0 Å². The number of rotatable bonds is 6. The largest absolute Gasteiger partial charge is 0.507 e. The summed E-state index contributed by atoms with van der Waals surface area (Å²) in [5.74, 6) is -0.190. The molecule has 2 aromatic rings. The third-order valence-corrected chi connectivity index (χ3v) is 6.53. The third kappa shape index (κ3) is 4.18. The molecule has 0 atom stereocenters. The van der Waals surface area contributed by atoms with Crippen molar-refractivity contribution in [2.45, 2.75) is 76.8 Å². The van der Waals surface area contributed by atoms with Crippen molar-refractivity contribution in [2.24, 2.45) is 0 Å². The van der Waals surface area contributed by atoms with Crippen LogP contribution >= 0.6 is 0 Å². The first-order chi connectivity index (χ1) is 14.5. The average Bonchev–Trinajstić information content (AvgIpc) is 2.74. The molecule has 30 heavy (non-hydrogen) atoms. The van der Waals surface area contributed by atoms with Gasteiger partial charge in [0.2, 0.25) is 0 Å². The van der Waals surface area contributed by atoms with Gasteiger partial charge in [0, 0.05) is 27.7 Å². The van der Waals surface area contributed by atoms with Crippen LogP contribution in [-0.2, 0) is 31.8 Å². The number of benzene rings is 2. The van der Waals surface area contributed by atoms with Crippen LogP contribution < -0.4 is 0 Å². The lowest BCUT2D eigenvalue weighted by molar-refractivity contribution is 0.261. The van der Waals surface area contributed by atoms with Crippen molar-refractivity contribution in [1.82, 2.24) is 0 Å². The van der Waals surface area contributed by atoms with Crippen LogP contribution in [0, 0.1) is 0 Å². The fourth-order valence-corrected chi connectivity index (χ4v) is 4.81. The standard InChI is InChI=1S/C24H32O6/c25-12-16-8-20(9-17(13-26)22(16)29)24(6-4-2-1-3-5-7-24)21-10-18(14-27)23(30)19(11-21)15-28/h8-11,25-30H,1-7,12-15H2. The normalized spacial score (nSPS) is 16.8. The van der Waals surface area contributed by atoms with Crippen LogP contribution in [0.3, 0.4) is 0 Å². The SMILES string of the molecule is OCc1cc(C2(c3cc(CO)c(O)c(CO)c3)CCCCCCC2)cc(CO)c1O. The molecule has 0 unspecified atom stereocenters. The van der Waals surface area contributed by atoms with E-state index in [1.165, 1.54) is 6.42 Å². The quantitative estimate of drug-likeness (QED) is 0.430. The van der Waals surface area contributed by atoms with E-state index < -0.39 is 5.41 Å². The molecule has 0 aliphatic heterocycles. The Morgan fingerprint density at radius 3 is 1.13 bits per heavy atom. The summed E-state index contributed by atoms with van der Waals surface area (Å²) in [6, 6.07) is 7.17. The molecule has 0 aromatic heterocycles. The fraction of sp³-hybridized carbons (Fsp3) is 0.500. The molecule has 1 aliphatic rings. The second-order valence-corrected chi connectivity index (χ2v) is 8.27. The summed E-state index contributed by atoms with van der Waals surface area (Å²) in [5.41, 5.74) is 2.73. The van der Waals surface area contributed by atoms with Gasteiger partial charge in [-0.2, -0.15) is 0 Å². The lowest BCUT2D eigenvalue weighted by Crippen LogP contribution is -2.30. The monoisotopic (exact) mass is 416 g/mol. The van der Waals surface area contributed by atoms with Crippen molar-refractivity contribution in [3.05, 3.63) is 57.6 Å². The van der Waals surface area contributed by atoms with Crippen LogP contribution in [-0.4, -0.2) is 30.6 Å². The van der Waals surface area contributed by atoms with Crippen LogP contribution in [0.25, 0.3) is 0 Å². The number of hydrogen-bond donors (Lipinski definition) is 6. The summed E-state index contributed by atoms with van der Waals surface area (Å²) >= 11 is 0. The smallest absolute Gasteiger partial charge is 0.126 e. The number of aliphatic hydroxyl groups is 4. The van der Waals surface area contributed by atoms with E-state index >= 15 is 0 Å². The minimum absolute atomic E-state index is 0.0949. The summed E-state index contributed by atoms with van der Waals surface area (Å²) in [6.45, 7) is -1.38. The van der Waals surface area contributed by atoms with Crippen molar-refractivity contribution < 1.29 is 30.6 Å². The van der Waals surface area contributed by atoms with Gasteiger partial charge in [-0.3, -0.25) is 0 Å². The maximum Gasteiger partial charge on any atom is 0.126 e. The molecule has 0 amide bonds. The molecule has 3 rings (SSSR count). The van der Waals surface area contributed by atoms with Crippen molar-refractivity contribution >= 4 is 0 Å². The lowest BCUT2D eigenvalue weighted by atomic mass is 9.66. The molecular weight excluding hydrogens is 384 g/mol. The highest BCUT2D eigenvalue weighted by molar-refractivity contribution is 5.53. The second-order valence-electron chi connectivity index (χ2n) is 8.27. The van der Waals surface area contributed by atoms with E-state index in [9.17, 15) is 30.6 Å². The highest BCUT2D eigenvalue weighted by atomic mass is 16.3. The number of phenols is 2. The molecule has 0 heterocycles. The molecule has 0 radical (unpaired) electrons. The van der Waals surface area contributed by atoms with Crippen molar-refractivity contribution in [3.8, 4) is 11.5 Å². The summed E-state index contributed by atoms with van der Waals surface area (Å²) < 4.78 is 0. The van der Waals surface area contributed by atoms with Gasteiger partial charge in [0.05, 0.1) is 26.4 Å². The molecule has 164 valence electrons. The summed E-state index contributed by atoms with van der Waals surface area (Å²) in [7, 11) is 0. The van der Waals surface area contributed by atoms with E-state index in [-0.39, 0.29) is 37.9 Å². The van der Waals surface area contributed by atoms with E-state index in [0.717, 1.165) is 49.7 Å². The number of hydrogen-bond acceptors (Lipinski definition) is 6. The molecule has 6 N–H and O–H groups in total. The van der Waals surface area contributed by atoms with Crippen LogP contribution in [0.1, 0.15) is 78.3 Å². The summed E-state index contributed by atoms with van der Waals surface area (Å²) in [5, 5.41) is 59.8. The highest BCUT2D eigenvalue weighted by Crippen LogP contribution is 2.46. The van der Waals surface area contributed by atoms with Gasteiger partial charge in [-0.15, -0.1) is 0 Å². The Labute approximate surface area is 177 Å². The minimum atomic E-state index is -0.483. The zero-order valence-corrected chi connectivity index (χ0v) is 17.3. The summed E-state index contributed by atoms with van der Waals surface area (Å²) in [6.07, 6.45) is 6.95. The average molecular weight is 417 g/mol. The molecule has 0 bridgehead atoms. The van der Waals surface area contributed by atoms with Gasteiger partial charge in [0.25, 0.3) is 0 Å². The first kappa shape index (κ1) is 22.6. The highest BCUT2D eigenvalue weighted by Gasteiger charge is 2.36. The molecule has 1 aliphatic carbocycles. The van der Waals surface area contributed by atoms with E-state index in [2.05, 4.69) is 0 Å². The summed E-state index contributed by atoms with van der Waals surface area (Å²) in [4.78, 5) is 0. The second kappa shape index (κ2) is 9.79. The molecule has 6 heteroatoms. The van der Waals surface area contributed by atoms with Crippen LogP contribution in [0.4, 0.5) is 0 Å². The predicted molar refractivity (Wildman–Crippen MR) is 113 cm³/mol. The van der Waals surface area contributed by atoms with Gasteiger partial charge < -0.3 is 30.6 Å². The van der Waals surface area contributed by atoms with Crippen LogP contribution in [0.2, 0.25) is 0 Å². The maximum absolute atomic E-state index is 10.3. The van der Waals surface area contributed by atoms with Crippen LogP contribution in [0.5, 0.6) is 11.5 Å². The van der Waals surface area contributed by atoms with Crippen molar-refractivity contribution in [2.75, 3.05) is 0 Å². The third-order valence-electron chi connectivity index (χ3n) is 6.53. The van der Waals surface area contributed by atoms with E-state index in [1.54, 1.807) is 24.3 Å². The molecule has 0 spiro atoms. The van der Waals surface area contributed by atoms with Gasteiger partial charge in [0.15, 0.2) is 0 Å². The van der Waals surface area contributed by atoms with E-state index in [4.69, 9.17) is 0 Å². The Balaban J connectivity index is 2.28. The van der Waals surface area contributed by atoms with Crippen molar-refractivity contribution in [1.29, 1.82) is 0 Å². The Hall–Kier alpha value is -2.12. The first-order valence-corrected chi connectivity index (χ1v) is 10.6. The Kier molecular flexibility index (Phi) is 7.36. The molecule has 6 nitrogen and oxygen atoms in total. The minimum Gasteiger partial charge on any atom is -0.507 e. The fourth-order valence-electron chi connectivity index (χ4n) is 4.81. The number of aliphatic hydroxyl groups excluding tert-OH is 4. The zero-order chi connectivity index (χ0) is 21.7. The molecule has 2 aromatic carbocycles. The first-order valence-electron chi connectivity index (χ1n) is 10.6. The van der Waals surface area contributed by atoms with E-state index in [0.29, 0.717) is 22.3 Å². The van der Waals surface area contributed by atoms with Gasteiger partial charge >= 0.3 is 0 Å². The maximum atomic E-state index is 10.3. The Morgan fingerprint density at radius 2 is 0.833 bits per heavy atom. The topological polar surface area (TPSA) is 121 Å². The predicted octanol–water partition coefficient (Wildman–Crippen LogP) is 3.10. The molecular formula is C24H32O6. The van der Waals surface area contributed by atoms with Crippen LogP contribution in [0.15, 0.2) is 24.3 Å². The molecule has 1 fully saturated rings. The van der Waals surface area contributed by atoms with Gasteiger partial charge in [0.1, 0.15) is 11.5 Å². The van der Waals surface area contributed by atoms with Gasteiger partial charge in [-0.1, -0.05) is 32.1 Å². The molecule has 0 saturated heterocycles. The molecule has 1 saturated carbocycles. The lowest BCUT2D eigenvalue weighted by Gasteiger charge is -2.38. The van der Waals surface area contributed by atoms with Gasteiger partial charge in [-0.25, -0.2) is 0 Å².